The molecule has 0 radical (unpaired) electrons. The summed E-state index contributed by atoms with van der Waals surface area (Å²) < 4.78 is 5.35. The smallest absolute Gasteiger partial charge is 0.249 e. The van der Waals surface area contributed by atoms with Crippen molar-refractivity contribution in [3.8, 4) is 22.8 Å². The Morgan fingerprint density at radius 3 is 2.70 bits per heavy atom. The van der Waals surface area contributed by atoms with Crippen LogP contribution in [0.3, 0.4) is 0 Å². The topological polar surface area (TPSA) is 103 Å². The number of nitrogens with one attached hydrogen (secondary N) is 1. The Morgan fingerprint density at radius 2 is 1.95 bits per heavy atom. The Hall–Kier alpha value is -4.72. The third-order valence-corrected chi connectivity index (χ3v) is 5.77. The molecule has 4 heterocycles. The van der Waals surface area contributed by atoms with Crippen molar-refractivity contribution in [2.24, 2.45) is 5.92 Å². The highest BCUT2D eigenvalue weighted by molar-refractivity contribution is 6.01. The van der Waals surface area contributed by atoms with Crippen LogP contribution in [-0.2, 0) is 6.54 Å². The third kappa shape index (κ3) is 5.43. The number of aromatic nitrogens is 6. The van der Waals surface area contributed by atoms with Crippen molar-refractivity contribution in [3.63, 3.8) is 0 Å². The second-order valence-corrected chi connectivity index (χ2v) is 8.82. The van der Waals surface area contributed by atoms with Crippen LogP contribution in [0, 0.1) is 5.92 Å². The van der Waals surface area contributed by atoms with Gasteiger partial charge in [-0.1, -0.05) is 50.3 Å². The number of fused-ring (bicyclic) bond motifs is 1. The molecule has 8 heteroatoms. The normalized spacial score (nSPS) is 12.1. The van der Waals surface area contributed by atoms with E-state index in [-0.39, 0.29) is 0 Å². The Bertz CT molecular complexity index is 1560. The number of rotatable bonds is 8. The molecule has 37 heavy (non-hydrogen) atoms. The number of hydrogen-bond donors (Lipinski definition) is 1. The molecule has 0 aliphatic carbocycles. The molecule has 184 valence electrons. The van der Waals surface area contributed by atoms with Crippen LogP contribution in [0.2, 0.25) is 0 Å². The lowest BCUT2D eigenvalue weighted by Gasteiger charge is -2.15. The molecule has 0 unspecified atom stereocenters. The second kappa shape index (κ2) is 10.9. The maximum Gasteiger partial charge on any atom is 0.249 e. The van der Waals surface area contributed by atoms with Crippen LogP contribution in [0.1, 0.15) is 32.0 Å². The highest BCUT2D eigenvalue weighted by atomic mass is 16.4. The molecule has 4 aromatic heterocycles. The molecular formula is C29H27N7O. The molecule has 0 bridgehead atoms. The summed E-state index contributed by atoms with van der Waals surface area (Å²) in [6, 6.07) is 13.9. The van der Waals surface area contributed by atoms with Crippen molar-refractivity contribution < 1.29 is 4.42 Å². The predicted octanol–water partition coefficient (Wildman–Crippen LogP) is 6.36. The third-order valence-electron chi connectivity index (χ3n) is 5.77. The van der Waals surface area contributed by atoms with Gasteiger partial charge in [0.25, 0.3) is 0 Å². The number of benzene rings is 1. The molecule has 5 rings (SSSR count). The standard InChI is InChI=1S/C29H27N7O/c1-4-20(12-11-19(2)3)24-9-7-10-25-26(24)28(32-17-23-8-5-6-13-31-23)35-27(34-25)21-14-22(16-30-15-21)29-36-33-18-37-29/h4-16,18-19H,17H2,1-3H3,(H,32,34,35)/b12-11-,20-4+. The molecule has 0 amide bonds. The van der Waals surface area contributed by atoms with Crippen molar-refractivity contribution in [1.82, 2.24) is 30.1 Å². The van der Waals surface area contributed by atoms with Crippen LogP contribution in [-0.4, -0.2) is 30.1 Å². The van der Waals surface area contributed by atoms with Crippen molar-refractivity contribution in [1.29, 1.82) is 0 Å². The van der Waals surface area contributed by atoms with Gasteiger partial charge in [-0.2, -0.15) is 0 Å². The van der Waals surface area contributed by atoms with E-state index in [4.69, 9.17) is 14.4 Å². The van der Waals surface area contributed by atoms with Crippen LogP contribution in [0.25, 0.3) is 39.3 Å². The maximum absolute atomic E-state index is 5.35. The predicted molar refractivity (Wildman–Crippen MR) is 145 cm³/mol. The van der Waals surface area contributed by atoms with Gasteiger partial charge in [0.15, 0.2) is 5.82 Å². The van der Waals surface area contributed by atoms with Crippen LogP contribution in [0.5, 0.6) is 0 Å². The first-order chi connectivity index (χ1) is 18.1. The summed E-state index contributed by atoms with van der Waals surface area (Å²) in [5.41, 5.74) is 5.35. The lowest BCUT2D eigenvalue weighted by atomic mass is 9.98. The molecule has 8 nitrogen and oxygen atoms in total. The fraction of sp³-hybridized carbons (Fsp3) is 0.172. The molecule has 0 aliphatic rings. The monoisotopic (exact) mass is 489 g/mol. The Kier molecular flexibility index (Phi) is 7.07. The lowest BCUT2D eigenvalue weighted by Crippen LogP contribution is -2.06. The van der Waals surface area contributed by atoms with Crippen LogP contribution >= 0.6 is 0 Å². The lowest BCUT2D eigenvalue weighted by molar-refractivity contribution is 0.568. The van der Waals surface area contributed by atoms with E-state index >= 15 is 0 Å². The highest BCUT2D eigenvalue weighted by Crippen LogP contribution is 2.33. The van der Waals surface area contributed by atoms with Gasteiger partial charge < -0.3 is 9.73 Å². The van der Waals surface area contributed by atoms with Gasteiger partial charge in [-0.25, -0.2) is 9.97 Å². The maximum atomic E-state index is 5.35. The van der Waals surface area contributed by atoms with E-state index < -0.39 is 0 Å². The van der Waals surface area contributed by atoms with E-state index in [1.54, 1.807) is 18.6 Å². The van der Waals surface area contributed by atoms with Gasteiger partial charge in [-0.15, -0.1) is 10.2 Å². The quantitative estimate of drug-likeness (QED) is 0.251. The SMILES string of the molecule is C/C=C(\C=C/C(C)C)c1cccc2nc(-c3cncc(-c4nnco4)c3)nc(NCc3ccccn3)c12. The van der Waals surface area contributed by atoms with E-state index in [9.17, 15) is 0 Å². The summed E-state index contributed by atoms with van der Waals surface area (Å²) in [6.45, 7) is 6.90. The van der Waals surface area contributed by atoms with Crippen LogP contribution in [0.15, 0.2) is 90.1 Å². The first-order valence-corrected chi connectivity index (χ1v) is 12.1. The summed E-state index contributed by atoms with van der Waals surface area (Å²) in [4.78, 5) is 18.7. The van der Waals surface area contributed by atoms with Gasteiger partial charge in [-0.3, -0.25) is 9.97 Å². The molecule has 0 atom stereocenters. The zero-order valence-corrected chi connectivity index (χ0v) is 21.0. The zero-order chi connectivity index (χ0) is 25.6. The molecule has 0 aliphatic heterocycles. The average Bonchev–Trinajstić information content (AvgIpc) is 3.48. The van der Waals surface area contributed by atoms with E-state index in [1.807, 2.05) is 43.3 Å². The number of nitrogens with zero attached hydrogens (tertiary/aromatic N) is 6. The van der Waals surface area contributed by atoms with Gasteiger partial charge >= 0.3 is 0 Å². The van der Waals surface area contributed by atoms with Gasteiger partial charge in [0.1, 0.15) is 5.82 Å². The minimum Gasteiger partial charge on any atom is -0.423 e. The Morgan fingerprint density at radius 1 is 1.05 bits per heavy atom. The summed E-state index contributed by atoms with van der Waals surface area (Å²) in [7, 11) is 0. The van der Waals surface area contributed by atoms with Crippen molar-refractivity contribution in [2.45, 2.75) is 27.3 Å². The van der Waals surface area contributed by atoms with Crippen LogP contribution < -0.4 is 5.32 Å². The first kappa shape index (κ1) is 24.0. The molecular weight excluding hydrogens is 462 g/mol. The number of pyridine rings is 2. The van der Waals surface area contributed by atoms with Crippen molar-refractivity contribution >= 4 is 22.3 Å². The summed E-state index contributed by atoms with van der Waals surface area (Å²) in [5.74, 6) is 2.09. The summed E-state index contributed by atoms with van der Waals surface area (Å²) in [6.07, 6.45) is 13.0. The number of allylic oxidation sites excluding steroid dienone is 4. The second-order valence-electron chi connectivity index (χ2n) is 8.82. The molecule has 0 saturated heterocycles. The summed E-state index contributed by atoms with van der Waals surface area (Å²) in [5, 5.41) is 12.2. The minimum atomic E-state index is 0.389. The molecule has 5 aromatic rings. The molecule has 1 N–H and O–H groups in total. The fourth-order valence-electron chi connectivity index (χ4n) is 3.97. The number of anilines is 1. The molecule has 0 spiro atoms. The minimum absolute atomic E-state index is 0.389. The summed E-state index contributed by atoms with van der Waals surface area (Å²) >= 11 is 0. The zero-order valence-electron chi connectivity index (χ0n) is 21.0. The fourth-order valence-corrected chi connectivity index (χ4v) is 3.97. The highest BCUT2D eigenvalue weighted by Gasteiger charge is 2.16. The van der Waals surface area contributed by atoms with Gasteiger partial charge in [0, 0.05) is 24.2 Å². The Balaban J connectivity index is 1.65. The van der Waals surface area contributed by atoms with Crippen molar-refractivity contribution in [3.05, 3.63) is 96.9 Å². The van der Waals surface area contributed by atoms with E-state index in [0.717, 1.165) is 39.1 Å². The van der Waals surface area contributed by atoms with E-state index in [1.165, 1.54) is 6.39 Å². The first-order valence-electron chi connectivity index (χ1n) is 12.1. The Labute approximate surface area is 215 Å². The van der Waals surface area contributed by atoms with E-state index in [0.29, 0.717) is 29.7 Å². The van der Waals surface area contributed by atoms with Gasteiger partial charge in [-0.05, 0) is 48.2 Å². The average molecular weight is 490 g/mol. The molecule has 1 aromatic carbocycles. The molecule has 0 fully saturated rings. The van der Waals surface area contributed by atoms with Gasteiger partial charge in [0.2, 0.25) is 12.3 Å². The number of hydrogen-bond acceptors (Lipinski definition) is 8. The van der Waals surface area contributed by atoms with E-state index in [2.05, 4.69) is 63.6 Å². The van der Waals surface area contributed by atoms with Gasteiger partial charge in [0.05, 0.1) is 28.7 Å². The largest absolute Gasteiger partial charge is 0.423 e. The van der Waals surface area contributed by atoms with Crippen LogP contribution in [0.4, 0.5) is 5.82 Å². The molecule has 0 saturated carbocycles. The van der Waals surface area contributed by atoms with Crippen molar-refractivity contribution in [2.75, 3.05) is 5.32 Å².